The van der Waals surface area contributed by atoms with Gasteiger partial charge in [-0.3, -0.25) is 0 Å². The minimum Gasteiger partial charge on any atom is -0.369 e. The van der Waals surface area contributed by atoms with Gasteiger partial charge in [-0.05, 0) is 37.1 Å². The molecule has 1 fully saturated rings. The molecule has 0 aromatic heterocycles. The average molecular weight is 346 g/mol. The van der Waals surface area contributed by atoms with Crippen LogP contribution in [-0.2, 0) is 0 Å². The Morgan fingerprint density at radius 3 is 3.05 bits per heavy atom. The summed E-state index contributed by atoms with van der Waals surface area (Å²) in [5.74, 6) is 0.687. The summed E-state index contributed by atoms with van der Waals surface area (Å²) in [5, 5.41) is 4.51. The Morgan fingerprint density at radius 1 is 1.53 bits per heavy atom. The van der Waals surface area contributed by atoms with Crippen molar-refractivity contribution in [1.82, 2.24) is 5.32 Å². The monoisotopic (exact) mass is 344 g/mol. The summed E-state index contributed by atoms with van der Waals surface area (Å²) in [6.45, 7) is 7.77. The van der Waals surface area contributed by atoms with Crippen molar-refractivity contribution in [3.63, 3.8) is 0 Å². The van der Waals surface area contributed by atoms with E-state index in [1.165, 1.54) is 6.42 Å². The molecule has 4 heteroatoms. The number of anilines is 1. The first-order valence-electron chi connectivity index (χ1n) is 7.05. The Morgan fingerprint density at radius 2 is 2.32 bits per heavy atom. The third kappa shape index (κ3) is 3.87. The Balaban J connectivity index is 2.20. The van der Waals surface area contributed by atoms with Crippen molar-refractivity contribution in [2.45, 2.75) is 32.7 Å². The van der Waals surface area contributed by atoms with Crippen LogP contribution in [0, 0.1) is 5.92 Å². The molecule has 2 unspecified atom stereocenters. The van der Waals surface area contributed by atoms with Crippen LogP contribution in [0.25, 0.3) is 0 Å². The third-order valence-electron chi connectivity index (χ3n) is 4.01. The molecule has 0 spiro atoms. The van der Waals surface area contributed by atoms with E-state index in [0.717, 1.165) is 41.2 Å². The van der Waals surface area contributed by atoms with Crippen LogP contribution in [0.2, 0.25) is 5.02 Å². The quantitative estimate of drug-likeness (QED) is 0.878. The first-order chi connectivity index (χ1) is 9.11. The van der Waals surface area contributed by atoms with Crippen LogP contribution in [-0.4, -0.2) is 25.7 Å². The van der Waals surface area contributed by atoms with Crippen molar-refractivity contribution < 1.29 is 0 Å². The number of hydrogen-bond acceptors (Lipinski definition) is 2. The minimum absolute atomic E-state index is 0.544. The van der Waals surface area contributed by atoms with Gasteiger partial charge >= 0.3 is 0 Å². The molecule has 1 saturated heterocycles. The molecular weight excluding hydrogens is 324 g/mol. The molecule has 0 radical (unpaired) electrons. The van der Waals surface area contributed by atoms with Crippen LogP contribution >= 0.6 is 27.5 Å². The lowest BCUT2D eigenvalue weighted by Crippen LogP contribution is -2.42. The van der Waals surface area contributed by atoms with E-state index in [9.17, 15) is 0 Å². The molecule has 2 rings (SSSR count). The summed E-state index contributed by atoms with van der Waals surface area (Å²) >= 11 is 9.90. The van der Waals surface area contributed by atoms with Gasteiger partial charge in [0, 0.05) is 23.6 Å². The average Bonchev–Trinajstić information content (AvgIpc) is 2.66. The fourth-order valence-corrected chi connectivity index (χ4v) is 3.15. The number of nitrogens with one attached hydrogen (secondary N) is 1. The van der Waals surface area contributed by atoms with Crippen molar-refractivity contribution in [2.24, 2.45) is 5.92 Å². The van der Waals surface area contributed by atoms with Crippen LogP contribution in [0.3, 0.4) is 0 Å². The smallest absolute Gasteiger partial charge is 0.0640 e. The van der Waals surface area contributed by atoms with E-state index in [1.54, 1.807) is 0 Å². The molecule has 1 aromatic carbocycles. The highest BCUT2D eigenvalue weighted by atomic mass is 79.9. The zero-order valence-electron chi connectivity index (χ0n) is 11.6. The molecule has 0 saturated carbocycles. The summed E-state index contributed by atoms with van der Waals surface area (Å²) in [7, 11) is 0. The number of rotatable bonds is 3. The molecule has 1 N–H and O–H groups in total. The van der Waals surface area contributed by atoms with Crippen molar-refractivity contribution in [1.29, 1.82) is 0 Å². The number of benzene rings is 1. The number of nitrogens with zero attached hydrogens (tertiary/aromatic N) is 1. The van der Waals surface area contributed by atoms with Crippen molar-refractivity contribution in [3.8, 4) is 0 Å². The van der Waals surface area contributed by atoms with E-state index in [1.807, 2.05) is 12.1 Å². The second kappa shape index (κ2) is 6.96. The molecule has 2 nitrogen and oxygen atoms in total. The summed E-state index contributed by atoms with van der Waals surface area (Å²) in [6, 6.07) is 6.63. The number of halogens is 2. The predicted octanol–water partition coefficient (Wildman–Crippen LogP) is 4.32. The van der Waals surface area contributed by atoms with Crippen molar-refractivity contribution >= 4 is 33.2 Å². The largest absolute Gasteiger partial charge is 0.369 e. The zero-order valence-corrected chi connectivity index (χ0v) is 14.0. The number of hydrogen-bond donors (Lipinski definition) is 1. The van der Waals surface area contributed by atoms with Crippen molar-refractivity contribution in [2.75, 3.05) is 24.5 Å². The second-order valence-corrected chi connectivity index (χ2v) is 6.66. The Bertz CT molecular complexity index is 425. The maximum atomic E-state index is 6.36. The SMILES string of the molecule is CCC(C)C1CN(c2cc(Br)ccc2Cl)CCCN1. The molecule has 1 heterocycles. The van der Waals surface area contributed by atoms with Crippen LogP contribution in [0.1, 0.15) is 26.7 Å². The van der Waals surface area contributed by atoms with Gasteiger partial charge in [0.15, 0.2) is 0 Å². The first-order valence-corrected chi connectivity index (χ1v) is 8.22. The maximum Gasteiger partial charge on any atom is 0.0640 e. The van der Waals surface area contributed by atoms with Gasteiger partial charge in [0.05, 0.1) is 10.7 Å². The molecule has 106 valence electrons. The van der Waals surface area contributed by atoms with Crippen molar-refractivity contribution in [3.05, 3.63) is 27.7 Å². The summed E-state index contributed by atoms with van der Waals surface area (Å²) in [4.78, 5) is 2.42. The Hall–Kier alpha value is -0.250. The van der Waals surface area contributed by atoms with Gasteiger partial charge in [0.25, 0.3) is 0 Å². The van der Waals surface area contributed by atoms with Gasteiger partial charge in [0.1, 0.15) is 0 Å². The van der Waals surface area contributed by atoms with E-state index < -0.39 is 0 Å². The fourth-order valence-electron chi connectivity index (χ4n) is 2.56. The van der Waals surface area contributed by atoms with Gasteiger partial charge in [-0.25, -0.2) is 0 Å². The van der Waals surface area contributed by atoms with E-state index in [0.29, 0.717) is 12.0 Å². The molecule has 0 aliphatic carbocycles. The van der Waals surface area contributed by atoms with Crippen LogP contribution in [0.15, 0.2) is 22.7 Å². The lowest BCUT2D eigenvalue weighted by atomic mass is 9.99. The standard InChI is InChI=1S/C15H22BrClN2/c1-3-11(2)14-10-19(8-4-7-18-14)15-9-12(16)5-6-13(15)17/h5-6,9,11,14,18H,3-4,7-8,10H2,1-2H3. The zero-order chi connectivity index (χ0) is 13.8. The molecule has 0 bridgehead atoms. The minimum atomic E-state index is 0.544. The molecule has 19 heavy (non-hydrogen) atoms. The molecule has 0 amide bonds. The predicted molar refractivity (Wildman–Crippen MR) is 87.2 cm³/mol. The highest BCUT2D eigenvalue weighted by molar-refractivity contribution is 9.10. The molecule has 1 aliphatic heterocycles. The normalized spacial score (nSPS) is 22.1. The van der Waals surface area contributed by atoms with Gasteiger partial charge in [0.2, 0.25) is 0 Å². The van der Waals surface area contributed by atoms with Crippen LogP contribution in [0.4, 0.5) is 5.69 Å². The van der Waals surface area contributed by atoms with Gasteiger partial charge in [-0.2, -0.15) is 0 Å². The molecule has 1 aromatic rings. The van der Waals surface area contributed by atoms with Crippen LogP contribution in [0.5, 0.6) is 0 Å². The molecular formula is C15H22BrClN2. The van der Waals surface area contributed by atoms with E-state index in [-0.39, 0.29) is 0 Å². The summed E-state index contributed by atoms with van der Waals surface area (Å²) in [5.41, 5.74) is 1.15. The Labute approximate surface area is 129 Å². The van der Waals surface area contributed by atoms with Gasteiger partial charge in [-0.1, -0.05) is 47.8 Å². The highest BCUT2D eigenvalue weighted by Crippen LogP contribution is 2.30. The van der Waals surface area contributed by atoms with Gasteiger partial charge in [-0.15, -0.1) is 0 Å². The van der Waals surface area contributed by atoms with E-state index in [4.69, 9.17) is 11.6 Å². The lowest BCUT2D eigenvalue weighted by molar-refractivity contribution is 0.384. The maximum absolute atomic E-state index is 6.36. The van der Waals surface area contributed by atoms with E-state index in [2.05, 4.69) is 46.1 Å². The first kappa shape index (κ1) is 15.1. The van der Waals surface area contributed by atoms with E-state index >= 15 is 0 Å². The molecule has 2 atom stereocenters. The third-order valence-corrected chi connectivity index (χ3v) is 4.82. The second-order valence-electron chi connectivity index (χ2n) is 5.34. The topological polar surface area (TPSA) is 15.3 Å². The fraction of sp³-hybridized carbons (Fsp3) is 0.600. The van der Waals surface area contributed by atoms with Crippen LogP contribution < -0.4 is 10.2 Å². The summed E-state index contributed by atoms with van der Waals surface area (Å²) in [6.07, 6.45) is 2.37. The lowest BCUT2D eigenvalue weighted by Gasteiger charge is -2.30. The van der Waals surface area contributed by atoms with Gasteiger partial charge < -0.3 is 10.2 Å². The summed E-state index contributed by atoms with van der Waals surface area (Å²) < 4.78 is 1.09. The highest BCUT2D eigenvalue weighted by Gasteiger charge is 2.23. The Kier molecular flexibility index (Phi) is 5.55. The molecule has 1 aliphatic rings.